The summed E-state index contributed by atoms with van der Waals surface area (Å²) in [6.45, 7) is 5.91. The van der Waals surface area contributed by atoms with Gasteiger partial charge in [0.05, 0.1) is 5.70 Å². The lowest BCUT2D eigenvalue weighted by molar-refractivity contribution is 1.49. The highest BCUT2D eigenvalue weighted by Gasteiger charge is 2.00. The smallest absolute Gasteiger partial charge is 0.197 e. The average Bonchev–Trinajstić information content (AvgIpc) is 2.49. The maximum atomic E-state index is 4.44. The molecule has 0 heterocycles. The van der Waals surface area contributed by atoms with Gasteiger partial charge in [0.1, 0.15) is 0 Å². The SMILES string of the molecule is C=C(/N=C(Br)\N=C(/C)c1ccccc1)c1ccccc1. The van der Waals surface area contributed by atoms with Gasteiger partial charge in [-0.2, -0.15) is 0 Å². The van der Waals surface area contributed by atoms with Gasteiger partial charge in [0.2, 0.25) is 0 Å². The molecule has 0 fully saturated rings. The minimum absolute atomic E-state index is 0.521. The Morgan fingerprint density at radius 1 is 0.850 bits per heavy atom. The van der Waals surface area contributed by atoms with Gasteiger partial charge >= 0.3 is 0 Å². The summed E-state index contributed by atoms with van der Waals surface area (Å²) in [5.41, 5.74) is 3.64. The molecule has 2 nitrogen and oxygen atoms in total. The van der Waals surface area contributed by atoms with Crippen LogP contribution in [-0.4, -0.2) is 10.5 Å². The summed E-state index contributed by atoms with van der Waals surface area (Å²) in [5.74, 6) is 0. The van der Waals surface area contributed by atoms with Gasteiger partial charge in [-0.1, -0.05) is 67.2 Å². The second-order valence-corrected chi connectivity index (χ2v) is 4.97. The molecule has 3 heteroatoms. The van der Waals surface area contributed by atoms with Crippen LogP contribution in [0.1, 0.15) is 18.1 Å². The molecule has 100 valence electrons. The first-order valence-electron chi connectivity index (χ1n) is 6.26. The van der Waals surface area contributed by atoms with E-state index in [1.54, 1.807) is 0 Å². The molecular weight excluding hydrogens is 312 g/mol. The Morgan fingerprint density at radius 3 is 1.90 bits per heavy atom. The minimum atomic E-state index is 0.521. The van der Waals surface area contributed by atoms with E-state index in [2.05, 4.69) is 32.5 Å². The van der Waals surface area contributed by atoms with Crippen molar-refractivity contribution in [3.8, 4) is 0 Å². The fraction of sp³-hybridized carbons (Fsp3) is 0.0588. The quantitative estimate of drug-likeness (QED) is 0.434. The molecular formula is C17H15BrN2. The van der Waals surface area contributed by atoms with Crippen molar-refractivity contribution in [1.29, 1.82) is 0 Å². The van der Waals surface area contributed by atoms with Crippen LogP contribution >= 0.6 is 15.9 Å². The first kappa shape index (κ1) is 14.4. The van der Waals surface area contributed by atoms with Crippen molar-refractivity contribution in [1.82, 2.24) is 0 Å². The zero-order chi connectivity index (χ0) is 14.4. The number of nitrogens with zero attached hydrogens (tertiary/aromatic N) is 2. The number of halogens is 1. The van der Waals surface area contributed by atoms with Crippen LogP contribution in [0.3, 0.4) is 0 Å². The van der Waals surface area contributed by atoms with E-state index in [4.69, 9.17) is 0 Å². The van der Waals surface area contributed by atoms with Gasteiger partial charge in [-0.05, 0) is 34.0 Å². The molecule has 2 aromatic rings. The van der Waals surface area contributed by atoms with Crippen LogP contribution in [0.5, 0.6) is 0 Å². The summed E-state index contributed by atoms with van der Waals surface area (Å²) >= 11 is 3.38. The topological polar surface area (TPSA) is 24.7 Å². The average molecular weight is 327 g/mol. The molecule has 0 aromatic heterocycles. The Morgan fingerprint density at radius 2 is 1.35 bits per heavy atom. The second kappa shape index (κ2) is 6.96. The van der Waals surface area contributed by atoms with E-state index >= 15 is 0 Å². The van der Waals surface area contributed by atoms with Crippen molar-refractivity contribution in [2.45, 2.75) is 6.92 Å². The third-order valence-corrected chi connectivity index (χ3v) is 3.14. The molecule has 0 aliphatic carbocycles. The van der Waals surface area contributed by atoms with Gasteiger partial charge in [0, 0.05) is 5.71 Å². The highest BCUT2D eigenvalue weighted by Crippen LogP contribution is 2.15. The molecule has 0 N–H and O–H groups in total. The van der Waals surface area contributed by atoms with E-state index < -0.39 is 0 Å². The number of amidine groups is 1. The van der Waals surface area contributed by atoms with Crippen LogP contribution in [-0.2, 0) is 0 Å². The largest absolute Gasteiger partial charge is 0.227 e. The number of aliphatic imine (C=N–C) groups is 2. The van der Waals surface area contributed by atoms with Crippen molar-refractivity contribution in [3.63, 3.8) is 0 Å². The van der Waals surface area contributed by atoms with Crippen LogP contribution in [0.25, 0.3) is 5.70 Å². The highest BCUT2D eigenvalue weighted by atomic mass is 79.9. The lowest BCUT2D eigenvalue weighted by Crippen LogP contribution is -1.97. The monoisotopic (exact) mass is 326 g/mol. The Labute approximate surface area is 127 Å². The summed E-state index contributed by atoms with van der Waals surface area (Å²) in [6.07, 6.45) is 0. The first-order chi connectivity index (χ1) is 9.66. The van der Waals surface area contributed by atoms with Gasteiger partial charge in [-0.15, -0.1) is 0 Å². The van der Waals surface area contributed by atoms with Crippen molar-refractivity contribution >= 4 is 32.1 Å². The van der Waals surface area contributed by atoms with E-state index in [1.165, 1.54) is 0 Å². The van der Waals surface area contributed by atoms with Crippen LogP contribution < -0.4 is 0 Å². The zero-order valence-electron chi connectivity index (χ0n) is 11.3. The van der Waals surface area contributed by atoms with E-state index in [0.717, 1.165) is 16.8 Å². The third-order valence-electron chi connectivity index (χ3n) is 2.79. The van der Waals surface area contributed by atoms with Crippen molar-refractivity contribution in [3.05, 3.63) is 78.4 Å². The normalized spacial score (nSPS) is 12.3. The van der Waals surface area contributed by atoms with Crippen LogP contribution in [0, 0.1) is 0 Å². The Kier molecular flexibility index (Phi) is 5.02. The molecule has 2 rings (SSSR count). The molecule has 0 atom stereocenters. The number of rotatable bonds is 3. The molecule has 0 aliphatic rings. The molecule has 2 aromatic carbocycles. The summed E-state index contributed by atoms with van der Waals surface area (Å²) < 4.78 is 0.521. The van der Waals surface area contributed by atoms with E-state index in [-0.39, 0.29) is 0 Å². The van der Waals surface area contributed by atoms with Crippen molar-refractivity contribution in [2.24, 2.45) is 9.98 Å². The molecule has 0 aliphatic heterocycles. The lowest BCUT2D eigenvalue weighted by atomic mass is 10.1. The molecule has 0 amide bonds. The predicted octanol–water partition coefficient (Wildman–Crippen LogP) is 4.92. The Balaban J connectivity index is 2.17. The Bertz CT molecular complexity index is 643. The van der Waals surface area contributed by atoms with Crippen molar-refractivity contribution < 1.29 is 0 Å². The number of benzene rings is 2. The molecule has 0 saturated heterocycles. The molecule has 0 unspecified atom stereocenters. The summed E-state index contributed by atoms with van der Waals surface area (Å²) in [5, 5.41) is 0. The highest BCUT2D eigenvalue weighted by molar-refractivity contribution is 9.18. The third kappa shape index (κ3) is 4.00. The van der Waals surface area contributed by atoms with Gasteiger partial charge in [0.15, 0.2) is 4.74 Å². The summed E-state index contributed by atoms with van der Waals surface area (Å²) in [7, 11) is 0. The fourth-order valence-electron chi connectivity index (χ4n) is 1.71. The van der Waals surface area contributed by atoms with Gasteiger partial charge in [0.25, 0.3) is 0 Å². The predicted molar refractivity (Wildman–Crippen MR) is 90.5 cm³/mol. The zero-order valence-corrected chi connectivity index (χ0v) is 12.8. The van der Waals surface area contributed by atoms with E-state index in [0.29, 0.717) is 10.4 Å². The number of hydrogen-bond acceptors (Lipinski definition) is 1. The first-order valence-corrected chi connectivity index (χ1v) is 7.05. The Hall–Kier alpha value is -2.00. The minimum Gasteiger partial charge on any atom is -0.227 e. The van der Waals surface area contributed by atoms with Crippen LogP contribution in [0.2, 0.25) is 0 Å². The maximum Gasteiger partial charge on any atom is 0.197 e. The van der Waals surface area contributed by atoms with Gasteiger partial charge < -0.3 is 0 Å². The lowest BCUT2D eigenvalue weighted by Gasteiger charge is -2.01. The van der Waals surface area contributed by atoms with Crippen LogP contribution in [0.15, 0.2) is 77.2 Å². The fourth-order valence-corrected chi connectivity index (χ4v) is 2.19. The summed E-state index contributed by atoms with van der Waals surface area (Å²) in [6, 6.07) is 19.8. The molecule has 0 spiro atoms. The van der Waals surface area contributed by atoms with E-state index in [9.17, 15) is 0 Å². The molecule has 0 saturated carbocycles. The molecule has 0 bridgehead atoms. The maximum absolute atomic E-state index is 4.44. The molecule has 0 radical (unpaired) electrons. The summed E-state index contributed by atoms with van der Waals surface area (Å²) in [4.78, 5) is 8.80. The second-order valence-electron chi connectivity index (χ2n) is 4.26. The van der Waals surface area contributed by atoms with Crippen LogP contribution in [0.4, 0.5) is 0 Å². The standard InChI is InChI=1S/C17H15BrN2/c1-13(15-9-5-3-6-10-15)19-17(18)20-14(2)16-11-7-4-8-12-16/h3-12H,1H2,2H3/b19-17-,20-14+. The van der Waals surface area contributed by atoms with Gasteiger partial charge in [-0.25, -0.2) is 9.98 Å². The molecule has 20 heavy (non-hydrogen) atoms. The van der Waals surface area contributed by atoms with Crippen molar-refractivity contribution in [2.75, 3.05) is 0 Å². The van der Waals surface area contributed by atoms with E-state index in [1.807, 2.05) is 67.6 Å². The van der Waals surface area contributed by atoms with Gasteiger partial charge in [-0.3, -0.25) is 0 Å². The number of hydrogen-bond donors (Lipinski definition) is 0.